The molecule has 0 aromatic carbocycles. The molecule has 0 atom stereocenters. The van der Waals surface area contributed by atoms with Gasteiger partial charge in [0.15, 0.2) is 0 Å². The van der Waals surface area contributed by atoms with Gasteiger partial charge in [0.25, 0.3) is 0 Å². The molecule has 14 heavy (non-hydrogen) atoms. The molecule has 1 rings (SSSR count). The van der Waals surface area contributed by atoms with Crippen molar-refractivity contribution in [3.8, 4) is 0 Å². The van der Waals surface area contributed by atoms with Crippen LogP contribution >= 0.6 is 0 Å². The van der Waals surface area contributed by atoms with Gasteiger partial charge in [-0.2, -0.15) is 0 Å². The molecule has 0 saturated carbocycles. The van der Waals surface area contributed by atoms with Crippen molar-refractivity contribution >= 4 is 15.4 Å². The fourth-order valence-electron chi connectivity index (χ4n) is 1.38. The summed E-state index contributed by atoms with van der Waals surface area (Å²) in [7, 11) is -2.51. The SMILES string of the molecule is C[Si](C)(C)[Si](C)(C)OC1=CCCCC1. The van der Waals surface area contributed by atoms with Crippen LogP contribution < -0.4 is 0 Å². The molecule has 0 unspecified atom stereocenters. The summed E-state index contributed by atoms with van der Waals surface area (Å²) in [6, 6.07) is 0. The molecule has 0 aromatic heterocycles. The van der Waals surface area contributed by atoms with Gasteiger partial charge in [0, 0.05) is 6.42 Å². The molecule has 1 aliphatic rings. The van der Waals surface area contributed by atoms with Crippen molar-refractivity contribution in [3.63, 3.8) is 0 Å². The summed E-state index contributed by atoms with van der Waals surface area (Å²) in [5.41, 5.74) is 0. The van der Waals surface area contributed by atoms with Crippen molar-refractivity contribution < 1.29 is 4.43 Å². The van der Waals surface area contributed by atoms with Crippen LogP contribution in [-0.4, -0.2) is 15.4 Å². The van der Waals surface area contributed by atoms with Crippen molar-refractivity contribution in [1.82, 2.24) is 0 Å². The Morgan fingerprint density at radius 3 is 2.14 bits per heavy atom. The maximum absolute atomic E-state index is 6.30. The van der Waals surface area contributed by atoms with Gasteiger partial charge in [-0.1, -0.05) is 19.6 Å². The predicted octanol–water partition coefficient (Wildman–Crippen LogP) is 4.08. The Morgan fingerprint density at radius 1 is 1.07 bits per heavy atom. The smallest absolute Gasteiger partial charge is 0.228 e. The van der Waals surface area contributed by atoms with Crippen LogP contribution in [0, 0.1) is 0 Å². The highest BCUT2D eigenvalue weighted by Crippen LogP contribution is 2.27. The molecule has 0 bridgehead atoms. The van der Waals surface area contributed by atoms with Crippen molar-refractivity contribution in [3.05, 3.63) is 11.8 Å². The second-order valence-electron chi connectivity index (χ2n) is 5.78. The van der Waals surface area contributed by atoms with Gasteiger partial charge < -0.3 is 4.43 Å². The first kappa shape index (κ1) is 12.0. The fraction of sp³-hybridized carbons (Fsp3) is 0.818. The van der Waals surface area contributed by atoms with Crippen LogP contribution in [0.25, 0.3) is 0 Å². The monoisotopic (exact) mass is 228 g/mol. The van der Waals surface area contributed by atoms with Crippen LogP contribution in [-0.2, 0) is 4.43 Å². The number of hydrogen-bond acceptors (Lipinski definition) is 1. The molecular formula is C11H24OSi2. The summed E-state index contributed by atoms with van der Waals surface area (Å²) in [5.74, 6) is 1.30. The van der Waals surface area contributed by atoms with E-state index in [1.807, 2.05) is 0 Å². The minimum absolute atomic E-state index is 1.09. The van der Waals surface area contributed by atoms with Gasteiger partial charge in [-0.3, -0.25) is 0 Å². The Kier molecular flexibility index (Phi) is 3.64. The minimum atomic E-state index is -1.42. The molecule has 0 aliphatic heterocycles. The van der Waals surface area contributed by atoms with Crippen LogP contribution in [0.4, 0.5) is 0 Å². The van der Waals surface area contributed by atoms with E-state index in [2.05, 4.69) is 38.8 Å². The maximum atomic E-state index is 6.30. The average molecular weight is 228 g/mol. The molecule has 3 heteroatoms. The van der Waals surface area contributed by atoms with E-state index >= 15 is 0 Å². The highest BCUT2D eigenvalue weighted by Gasteiger charge is 2.40. The number of hydrogen-bond donors (Lipinski definition) is 0. The summed E-state index contributed by atoms with van der Waals surface area (Å²) >= 11 is 0. The molecule has 0 fully saturated rings. The lowest BCUT2D eigenvalue weighted by molar-refractivity contribution is 0.386. The van der Waals surface area contributed by atoms with E-state index < -0.39 is 15.4 Å². The zero-order chi connectivity index (χ0) is 10.8. The van der Waals surface area contributed by atoms with Gasteiger partial charge in [0.2, 0.25) is 7.83 Å². The summed E-state index contributed by atoms with van der Waals surface area (Å²) < 4.78 is 6.30. The fourth-order valence-corrected chi connectivity index (χ4v) is 3.84. The zero-order valence-corrected chi connectivity index (χ0v) is 12.3. The Bertz CT molecular complexity index is 226. The molecule has 82 valence electrons. The van der Waals surface area contributed by atoms with Crippen molar-refractivity contribution in [1.29, 1.82) is 0 Å². The lowest BCUT2D eigenvalue weighted by Gasteiger charge is -2.36. The Labute approximate surface area is 90.5 Å². The predicted molar refractivity (Wildman–Crippen MR) is 68.5 cm³/mol. The zero-order valence-electron chi connectivity index (χ0n) is 10.3. The summed E-state index contributed by atoms with van der Waals surface area (Å²) in [5, 5.41) is 0. The standard InChI is InChI=1S/C11H24OSi2/c1-13(2,3)14(4,5)12-11-9-7-6-8-10-11/h9H,6-8,10H2,1-5H3. The third-order valence-electron chi connectivity index (χ3n) is 3.44. The Morgan fingerprint density at radius 2 is 1.71 bits per heavy atom. The third-order valence-corrected chi connectivity index (χ3v) is 19.0. The lowest BCUT2D eigenvalue weighted by Crippen LogP contribution is -2.54. The molecule has 0 aromatic rings. The summed E-state index contributed by atoms with van der Waals surface area (Å²) in [6.45, 7) is 12.1. The van der Waals surface area contributed by atoms with E-state index in [1.165, 1.54) is 31.4 Å². The highest BCUT2D eigenvalue weighted by molar-refractivity contribution is 7.37. The van der Waals surface area contributed by atoms with Crippen LogP contribution in [0.15, 0.2) is 11.8 Å². The van der Waals surface area contributed by atoms with Crippen molar-refractivity contribution in [2.45, 2.75) is 58.4 Å². The van der Waals surface area contributed by atoms with E-state index in [0.29, 0.717) is 0 Å². The molecule has 0 amide bonds. The molecule has 0 saturated heterocycles. The first-order chi connectivity index (χ1) is 6.33. The Balaban J connectivity index is 2.62. The largest absolute Gasteiger partial charge is 0.550 e. The molecule has 1 nitrogen and oxygen atoms in total. The van der Waals surface area contributed by atoms with E-state index in [1.54, 1.807) is 0 Å². The molecule has 0 spiro atoms. The first-order valence-electron chi connectivity index (χ1n) is 5.71. The third kappa shape index (κ3) is 2.99. The van der Waals surface area contributed by atoms with E-state index in [-0.39, 0.29) is 0 Å². The van der Waals surface area contributed by atoms with E-state index in [4.69, 9.17) is 4.43 Å². The van der Waals surface area contributed by atoms with Gasteiger partial charge in [-0.15, -0.1) is 0 Å². The first-order valence-corrected chi connectivity index (χ1v) is 13.1. The molecule has 1 aliphatic carbocycles. The Hall–Kier alpha value is -0.0262. The summed E-state index contributed by atoms with van der Waals surface area (Å²) in [4.78, 5) is 0. The second kappa shape index (κ2) is 4.23. The minimum Gasteiger partial charge on any atom is -0.550 e. The topological polar surface area (TPSA) is 9.23 Å². The normalized spacial score (nSPS) is 19.1. The molecular weight excluding hydrogens is 204 g/mol. The van der Waals surface area contributed by atoms with Crippen molar-refractivity contribution in [2.24, 2.45) is 0 Å². The van der Waals surface area contributed by atoms with Gasteiger partial charge in [-0.25, -0.2) is 0 Å². The van der Waals surface area contributed by atoms with E-state index in [9.17, 15) is 0 Å². The molecule has 0 heterocycles. The molecule has 0 radical (unpaired) electrons. The van der Waals surface area contributed by atoms with Gasteiger partial charge in [0.1, 0.15) is 0 Å². The quantitative estimate of drug-likeness (QED) is 0.661. The van der Waals surface area contributed by atoms with Gasteiger partial charge in [0.05, 0.1) is 13.4 Å². The van der Waals surface area contributed by atoms with Crippen LogP contribution in [0.2, 0.25) is 32.7 Å². The number of allylic oxidation sites excluding steroid dienone is 2. The van der Waals surface area contributed by atoms with Gasteiger partial charge >= 0.3 is 0 Å². The highest BCUT2D eigenvalue weighted by atomic mass is 29.3. The molecule has 0 N–H and O–H groups in total. The lowest BCUT2D eigenvalue weighted by atomic mass is 10.1. The number of rotatable bonds is 3. The van der Waals surface area contributed by atoms with E-state index in [0.717, 1.165) is 0 Å². The van der Waals surface area contributed by atoms with Crippen LogP contribution in [0.3, 0.4) is 0 Å². The van der Waals surface area contributed by atoms with Crippen LogP contribution in [0.5, 0.6) is 0 Å². The van der Waals surface area contributed by atoms with Crippen molar-refractivity contribution in [2.75, 3.05) is 0 Å². The van der Waals surface area contributed by atoms with Crippen LogP contribution in [0.1, 0.15) is 25.7 Å². The van der Waals surface area contributed by atoms with Gasteiger partial charge in [-0.05, 0) is 38.4 Å². The average Bonchev–Trinajstić information content (AvgIpc) is 2.03. The maximum Gasteiger partial charge on any atom is 0.228 e. The summed E-state index contributed by atoms with van der Waals surface area (Å²) in [6.07, 6.45) is 7.40. The second-order valence-corrected chi connectivity index (χ2v) is 21.6.